The summed E-state index contributed by atoms with van der Waals surface area (Å²) in [6, 6.07) is 5.97. The van der Waals surface area contributed by atoms with Gasteiger partial charge in [0.25, 0.3) is 0 Å². The molecule has 118 valence electrons. The third-order valence-electron chi connectivity index (χ3n) is 3.05. The van der Waals surface area contributed by atoms with E-state index in [-0.39, 0.29) is 36.3 Å². The van der Waals surface area contributed by atoms with Gasteiger partial charge in [-0.05, 0) is 31.0 Å². The van der Waals surface area contributed by atoms with Crippen molar-refractivity contribution in [3.63, 3.8) is 0 Å². The maximum atomic E-state index is 11.9. The Morgan fingerprint density at radius 3 is 2.57 bits per heavy atom. The zero-order chi connectivity index (χ0) is 14.8. The summed E-state index contributed by atoms with van der Waals surface area (Å²) >= 11 is 5.75. The highest BCUT2D eigenvalue weighted by molar-refractivity contribution is 7.89. The fourth-order valence-corrected chi connectivity index (χ4v) is 2.95. The van der Waals surface area contributed by atoms with Gasteiger partial charge in [0.15, 0.2) is 0 Å². The summed E-state index contributed by atoms with van der Waals surface area (Å²) in [5.41, 5.74) is 4.96. The molecule has 1 amide bonds. The zero-order valence-corrected chi connectivity index (χ0v) is 13.5. The van der Waals surface area contributed by atoms with Crippen LogP contribution in [0.1, 0.15) is 12.8 Å². The van der Waals surface area contributed by atoms with E-state index in [1.54, 1.807) is 12.1 Å². The van der Waals surface area contributed by atoms with Gasteiger partial charge >= 0.3 is 0 Å². The smallest absolute Gasteiger partial charge is 0.240 e. The molecule has 0 atom stereocenters. The number of carbonyl (C=O) groups is 1. The summed E-state index contributed by atoms with van der Waals surface area (Å²) < 4.78 is 26.3. The highest BCUT2D eigenvalue weighted by Gasteiger charge is 2.45. The Morgan fingerprint density at radius 2 is 2.00 bits per heavy atom. The Bertz CT molecular complexity index is 618. The van der Waals surface area contributed by atoms with Gasteiger partial charge in [0.2, 0.25) is 15.9 Å². The van der Waals surface area contributed by atoms with Crippen molar-refractivity contribution in [2.45, 2.75) is 23.3 Å². The van der Waals surface area contributed by atoms with E-state index in [1.165, 1.54) is 12.1 Å². The van der Waals surface area contributed by atoms with Crippen molar-refractivity contribution in [3.8, 4) is 0 Å². The second-order valence-corrected chi connectivity index (χ2v) is 6.97. The molecular formula is C12H17Cl2N3O3S. The average Bonchev–Trinajstić information content (AvgIpc) is 3.14. The van der Waals surface area contributed by atoms with Gasteiger partial charge in [-0.25, -0.2) is 13.1 Å². The SMILES string of the molecule is Cl.NC1(C(=O)NCCNS(=O)(=O)c2cccc(Cl)c2)CC1. The molecule has 21 heavy (non-hydrogen) atoms. The summed E-state index contributed by atoms with van der Waals surface area (Å²) in [5, 5.41) is 2.95. The summed E-state index contributed by atoms with van der Waals surface area (Å²) in [5.74, 6) is -0.237. The van der Waals surface area contributed by atoms with Crippen LogP contribution in [-0.2, 0) is 14.8 Å². The minimum atomic E-state index is -3.62. The minimum absolute atomic E-state index is 0. The molecule has 1 aromatic rings. The summed E-state index contributed by atoms with van der Waals surface area (Å²) in [6.45, 7) is 0.286. The first-order valence-electron chi connectivity index (χ1n) is 6.16. The Hall–Kier alpha value is -0.860. The average molecular weight is 354 g/mol. The predicted octanol–water partition coefficient (Wildman–Crippen LogP) is 0.648. The van der Waals surface area contributed by atoms with E-state index < -0.39 is 15.6 Å². The molecule has 1 fully saturated rings. The van der Waals surface area contributed by atoms with Crippen LogP contribution in [0.5, 0.6) is 0 Å². The highest BCUT2D eigenvalue weighted by atomic mass is 35.5. The molecule has 2 rings (SSSR count). The molecule has 0 saturated heterocycles. The predicted molar refractivity (Wildman–Crippen MR) is 83.1 cm³/mol. The standard InChI is InChI=1S/C12H16ClN3O3S.ClH/c13-9-2-1-3-10(8-9)20(18,19)16-7-6-15-11(17)12(14)4-5-12;/h1-3,8,16H,4-7,14H2,(H,15,17);1H. The van der Waals surface area contributed by atoms with Crippen LogP contribution >= 0.6 is 24.0 Å². The molecule has 0 radical (unpaired) electrons. The molecule has 1 aromatic carbocycles. The molecule has 0 heterocycles. The van der Waals surface area contributed by atoms with E-state index in [2.05, 4.69) is 10.0 Å². The van der Waals surface area contributed by atoms with Crippen LogP contribution in [0.15, 0.2) is 29.2 Å². The van der Waals surface area contributed by atoms with Crippen molar-refractivity contribution < 1.29 is 13.2 Å². The van der Waals surface area contributed by atoms with Crippen molar-refractivity contribution in [2.24, 2.45) is 5.73 Å². The van der Waals surface area contributed by atoms with Crippen molar-refractivity contribution in [3.05, 3.63) is 29.3 Å². The number of sulfonamides is 1. The Labute approximate surface area is 134 Å². The van der Waals surface area contributed by atoms with Crippen LogP contribution < -0.4 is 15.8 Å². The van der Waals surface area contributed by atoms with Gasteiger partial charge in [-0.15, -0.1) is 12.4 Å². The van der Waals surface area contributed by atoms with Crippen molar-refractivity contribution in [1.82, 2.24) is 10.0 Å². The van der Waals surface area contributed by atoms with Crippen LogP contribution in [0.3, 0.4) is 0 Å². The van der Waals surface area contributed by atoms with Crippen LogP contribution in [0.4, 0.5) is 0 Å². The number of hydrogen-bond donors (Lipinski definition) is 3. The molecule has 0 unspecified atom stereocenters. The lowest BCUT2D eigenvalue weighted by atomic mass is 10.3. The molecule has 0 aliphatic heterocycles. The van der Waals surface area contributed by atoms with E-state index in [0.717, 1.165) is 0 Å². The van der Waals surface area contributed by atoms with E-state index in [0.29, 0.717) is 17.9 Å². The van der Waals surface area contributed by atoms with Gasteiger partial charge in [0, 0.05) is 18.1 Å². The van der Waals surface area contributed by atoms with Crippen LogP contribution in [0.25, 0.3) is 0 Å². The zero-order valence-electron chi connectivity index (χ0n) is 11.1. The molecule has 1 aliphatic carbocycles. The molecule has 6 nitrogen and oxygen atoms in total. The Kier molecular flexibility index (Phi) is 6.01. The monoisotopic (exact) mass is 353 g/mol. The van der Waals surface area contributed by atoms with Crippen molar-refractivity contribution in [1.29, 1.82) is 0 Å². The third-order valence-corrected chi connectivity index (χ3v) is 4.74. The molecule has 0 aromatic heterocycles. The topological polar surface area (TPSA) is 101 Å². The molecule has 9 heteroatoms. The fraction of sp³-hybridized carbons (Fsp3) is 0.417. The summed E-state index contributed by atoms with van der Waals surface area (Å²) in [6.07, 6.45) is 1.35. The molecule has 1 saturated carbocycles. The number of amides is 1. The van der Waals surface area contributed by atoms with Gasteiger partial charge in [-0.3, -0.25) is 4.79 Å². The highest BCUT2D eigenvalue weighted by Crippen LogP contribution is 2.31. The molecule has 0 bridgehead atoms. The fourth-order valence-electron chi connectivity index (χ4n) is 1.62. The Morgan fingerprint density at radius 1 is 1.33 bits per heavy atom. The van der Waals surface area contributed by atoms with E-state index >= 15 is 0 Å². The van der Waals surface area contributed by atoms with Gasteiger partial charge in [-0.2, -0.15) is 0 Å². The first-order valence-corrected chi connectivity index (χ1v) is 8.02. The molecular weight excluding hydrogens is 337 g/mol. The van der Waals surface area contributed by atoms with Gasteiger partial charge in [0.05, 0.1) is 10.4 Å². The van der Waals surface area contributed by atoms with Crippen LogP contribution in [0, 0.1) is 0 Å². The van der Waals surface area contributed by atoms with E-state index in [9.17, 15) is 13.2 Å². The third kappa shape index (κ3) is 4.82. The number of nitrogens with two attached hydrogens (primary N) is 1. The lowest BCUT2D eigenvalue weighted by molar-refractivity contribution is -0.123. The first kappa shape index (κ1) is 18.2. The number of hydrogen-bond acceptors (Lipinski definition) is 4. The minimum Gasteiger partial charge on any atom is -0.353 e. The molecule has 1 aliphatic rings. The quantitative estimate of drug-likeness (QED) is 0.653. The van der Waals surface area contributed by atoms with Gasteiger partial charge in [0.1, 0.15) is 0 Å². The largest absolute Gasteiger partial charge is 0.353 e. The van der Waals surface area contributed by atoms with Crippen molar-refractivity contribution >= 4 is 39.9 Å². The van der Waals surface area contributed by atoms with Gasteiger partial charge in [-0.1, -0.05) is 17.7 Å². The second-order valence-electron chi connectivity index (χ2n) is 4.77. The van der Waals surface area contributed by atoms with Crippen LogP contribution in [0.2, 0.25) is 5.02 Å². The number of benzene rings is 1. The van der Waals surface area contributed by atoms with Gasteiger partial charge < -0.3 is 11.1 Å². The molecule has 4 N–H and O–H groups in total. The Balaban J connectivity index is 0.00000220. The van der Waals surface area contributed by atoms with Crippen LogP contribution in [-0.4, -0.2) is 33.0 Å². The molecule has 0 spiro atoms. The number of carbonyl (C=O) groups excluding carboxylic acids is 1. The summed E-state index contributed by atoms with van der Waals surface area (Å²) in [7, 11) is -3.62. The second kappa shape index (κ2) is 6.93. The normalized spacial score (nSPS) is 15.9. The maximum absolute atomic E-state index is 11.9. The van der Waals surface area contributed by atoms with E-state index in [1.807, 2.05) is 0 Å². The lowest BCUT2D eigenvalue weighted by Crippen LogP contribution is -2.45. The first-order chi connectivity index (χ1) is 9.33. The number of rotatable bonds is 6. The van der Waals surface area contributed by atoms with E-state index in [4.69, 9.17) is 17.3 Å². The number of halogens is 2. The summed E-state index contributed by atoms with van der Waals surface area (Å²) in [4.78, 5) is 11.6. The number of nitrogens with one attached hydrogen (secondary N) is 2. The lowest BCUT2D eigenvalue weighted by Gasteiger charge is -2.11. The van der Waals surface area contributed by atoms with Crippen molar-refractivity contribution in [2.75, 3.05) is 13.1 Å². The maximum Gasteiger partial charge on any atom is 0.240 e.